The zero-order valence-corrected chi connectivity index (χ0v) is 20.9. The van der Waals surface area contributed by atoms with E-state index in [9.17, 15) is 19.5 Å². The van der Waals surface area contributed by atoms with E-state index in [0.29, 0.717) is 43.7 Å². The molecular formula is C30H28N4O4. The van der Waals surface area contributed by atoms with Crippen LogP contribution in [0.1, 0.15) is 39.9 Å². The van der Waals surface area contributed by atoms with Crippen molar-refractivity contribution >= 4 is 29.1 Å². The Morgan fingerprint density at radius 2 is 1.76 bits per heavy atom. The molecule has 1 atom stereocenters. The highest BCUT2D eigenvalue weighted by Gasteiger charge is 2.29. The van der Waals surface area contributed by atoms with Crippen molar-refractivity contribution in [1.82, 2.24) is 4.90 Å². The number of amides is 3. The summed E-state index contributed by atoms with van der Waals surface area (Å²) in [5.74, 6) is -0.746. The van der Waals surface area contributed by atoms with Gasteiger partial charge in [-0.1, -0.05) is 54.6 Å². The molecule has 8 heteroatoms. The largest absolute Gasteiger partial charge is 0.393 e. The fourth-order valence-electron chi connectivity index (χ4n) is 5.50. The molecule has 3 amide bonds. The van der Waals surface area contributed by atoms with E-state index in [0.717, 1.165) is 34.4 Å². The molecule has 0 bridgehead atoms. The lowest BCUT2D eigenvalue weighted by Gasteiger charge is -2.30. The minimum Gasteiger partial charge on any atom is -0.393 e. The Labute approximate surface area is 220 Å². The molecule has 192 valence electrons. The number of azo groups is 1. The normalized spacial score (nSPS) is 20.7. The molecule has 8 nitrogen and oxygen atoms in total. The SMILES string of the molecule is O=C1N=NC(c2ccc(CC(=O)N3CCc4ccc(C(=O)N5CCC(O)CC5)cc43)cc2)=C2C=CC=CC12. The summed E-state index contributed by atoms with van der Waals surface area (Å²) in [6.07, 6.45) is 9.28. The maximum Gasteiger partial charge on any atom is 0.276 e. The number of nitrogens with zero attached hydrogens (tertiary/aromatic N) is 4. The summed E-state index contributed by atoms with van der Waals surface area (Å²) in [6, 6.07) is 13.3. The molecule has 2 aromatic rings. The van der Waals surface area contributed by atoms with Gasteiger partial charge in [0, 0.05) is 36.4 Å². The number of rotatable bonds is 4. The molecule has 4 aliphatic rings. The quantitative estimate of drug-likeness (QED) is 0.677. The summed E-state index contributed by atoms with van der Waals surface area (Å²) in [7, 11) is 0. The molecule has 3 aliphatic heterocycles. The molecule has 6 rings (SSSR count). The molecule has 1 aliphatic carbocycles. The number of hydrogen-bond donors (Lipinski definition) is 1. The molecule has 0 radical (unpaired) electrons. The van der Waals surface area contributed by atoms with Crippen molar-refractivity contribution in [2.45, 2.75) is 31.8 Å². The van der Waals surface area contributed by atoms with E-state index >= 15 is 0 Å². The number of aliphatic hydroxyl groups excluding tert-OH is 1. The number of fused-ring (bicyclic) bond motifs is 2. The van der Waals surface area contributed by atoms with Gasteiger partial charge in [-0.25, -0.2) is 0 Å². The number of allylic oxidation sites excluding steroid dienone is 3. The van der Waals surface area contributed by atoms with Gasteiger partial charge >= 0.3 is 0 Å². The first kappa shape index (κ1) is 24.2. The lowest BCUT2D eigenvalue weighted by Crippen LogP contribution is -2.40. The molecule has 3 heterocycles. The zero-order chi connectivity index (χ0) is 26.2. The molecule has 38 heavy (non-hydrogen) atoms. The number of hydrogen-bond acceptors (Lipinski definition) is 5. The van der Waals surface area contributed by atoms with Crippen LogP contribution in [0.4, 0.5) is 5.69 Å². The fourth-order valence-corrected chi connectivity index (χ4v) is 5.50. The average molecular weight is 509 g/mol. The third kappa shape index (κ3) is 4.52. The Morgan fingerprint density at radius 3 is 2.55 bits per heavy atom. The molecule has 0 spiro atoms. The third-order valence-corrected chi connectivity index (χ3v) is 7.68. The fraction of sp³-hybridized carbons (Fsp3) is 0.300. The summed E-state index contributed by atoms with van der Waals surface area (Å²) in [6.45, 7) is 1.67. The van der Waals surface area contributed by atoms with Crippen molar-refractivity contribution in [2.75, 3.05) is 24.5 Å². The smallest absolute Gasteiger partial charge is 0.276 e. The number of likely N-dealkylation sites (tertiary alicyclic amines) is 1. The Kier molecular flexibility index (Phi) is 6.33. The minimum atomic E-state index is -0.401. The van der Waals surface area contributed by atoms with Gasteiger partial charge in [-0.3, -0.25) is 14.4 Å². The van der Waals surface area contributed by atoms with E-state index < -0.39 is 5.92 Å². The Bertz CT molecular complexity index is 1430. The first-order valence-electron chi connectivity index (χ1n) is 13.0. The second kappa shape index (κ2) is 9.95. The summed E-state index contributed by atoms with van der Waals surface area (Å²) in [5, 5.41) is 17.7. The van der Waals surface area contributed by atoms with Crippen LogP contribution in [0.15, 0.2) is 82.6 Å². The van der Waals surface area contributed by atoms with Crippen molar-refractivity contribution in [3.8, 4) is 0 Å². The lowest BCUT2D eigenvalue weighted by molar-refractivity contribution is -0.120. The van der Waals surface area contributed by atoms with Crippen molar-refractivity contribution in [3.63, 3.8) is 0 Å². The van der Waals surface area contributed by atoms with Crippen LogP contribution >= 0.6 is 0 Å². The number of benzene rings is 2. The second-order valence-electron chi connectivity index (χ2n) is 10.1. The van der Waals surface area contributed by atoms with Gasteiger partial charge in [0.2, 0.25) is 5.91 Å². The predicted octanol–water partition coefficient (Wildman–Crippen LogP) is 3.86. The van der Waals surface area contributed by atoms with E-state index in [1.54, 1.807) is 9.80 Å². The van der Waals surface area contributed by atoms with Crippen LogP contribution in [-0.4, -0.2) is 53.5 Å². The lowest BCUT2D eigenvalue weighted by atomic mass is 9.89. The van der Waals surface area contributed by atoms with Gasteiger partial charge in [-0.05, 0) is 48.1 Å². The molecular weight excluding hydrogens is 480 g/mol. The number of anilines is 1. The van der Waals surface area contributed by atoms with Crippen LogP contribution < -0.4 is 4.90 Å². The van der Waals surface area contributed by atoms with E-state index in [-0.39, 0.29) is 30.2 Å². The first-order chi connectivity index (χ1) is 18.5. The first-order valence-corrected chi connectivity index (χ1v) is 13.0. The van der Waals surface area contributed by atoms with Gasteiger partial charge in [0.05, 0.1) is 24.1 Å². The van der Waals surface area contributed by atoms with E-state index in [1.807, 2.05) is 66.8 Å². The standard InChI is InChI=1S/C30H28N4O4/c35-23-12-14-33(15-13-23)30(38)22-10-9-20-11-16-34(26(20)18-22)27(36)17-19-5-7-21(8-6-19)28-24-3-1-2-4-25(24)29(37)32-31-28/h1-10,18,23,25,35H,11-17H2. The Balaban J connectivity index is 1.17. The van der Waals surface area contributed by atoms with Crippen LogP contribution in [-0.2, 0) is 22.4 Å². The van der Waals surface area contributed by atoms with Crippen LogP contribution in [0.5, 0.6) is 0 Å². The minimum absolute atomic E-state index is 0.0208. The molecule has 1 N–H and O–H groups in total. The van der Waals surface area contributed by atoms with Gasteiger partial charge in [-0.2, -0.15) is 0 Å². The van der Waals surface area contributed by atoms with E-state index in [2.05, 4.69) is 10.2 Å². The maximum atomic E-state index is 13.3. The van der Waals surface area contributed by atoms with Crippen LogP contribution in [0, 0.1) is 5.92 Å². The number of piperidine rings is 1. The predicted molar refractivity (Wildman–Crippen MR) is 142 cm³/mol. The molecule has 2 aromatic carbocycles. The highest BCUT2D eigenvalue weighted by atomic mass is 16.3. The van der Waals surface area contributed by atoms with Gasteiger partial charge < -0.3 is 14.9 Å². The van der Waals surface area contributed by atoms with Gasteiger partial charge in [0.25, 0.3) is 11.8 Å². The highest BCUT2D eigenvalue weighted by Crippen LogP contribution is 2.34. The van der Waals surface area contributed by atoms with Crippen molar-refractivity contribution in [2.24, 2.45) is 16.1 Å². The second-order valence-corrected chi connectivity index (χ2v) is 10.1. The third-order valence-electron chi connectivity index (χ3n) is 7.68. The number of carbonyl (C=O) groups excluding carboxylic acids is 3. The van der Waals surface area contributed by atoms with E-state index in [4.69, 9.17) is 0 Å². The molecule has 1 saturated heterocycles. The van der Waals surface area contributed by atoms with Crippen molar-refractivity contribution in [3.05, 3.63) is 94.6 Å². The van der Waals surface area contributed by atoms with Gasteiger partial charge in [0.15, 0.2) is 0 Å². The number of aliphatic hydroxyl groups is 1. The van der Waals surface area contributed by atoms with Crippen LogP contribution in [0.25, 0.3) is 5.70 Å². The number of carbonyl (C=O) groups is 3. The Morgan fingerprint density at radius 1 is 0.974 bits per heavy atom. The van der Waals surface area contributed by atoms with Gasteiger partial charge in [-0.15, -0.1) is 10.2 Å². The molecule has 0 saturated carbocycles. The molecule has 1 fully saturated rings. The van der Waals surface area contributed by atoms with Crippen molar-refractivity contribution < 1.29 is 19.5 Å². The van der Waals surface area contributed by atoms with Crippen LogP contribution in [0.2, 0.25) is 0 Å². The topological polar surface area (TPSA) is 103 Å². The summed E-state index contributed by atoms with van der Waals surface area (Å²) >= 11 is 0. The summed E-state index contributed by atoms with van der Waals surface area (Å²) in [5.41, 5.74) is 5.65. The maximum absolute atomic E-state index is 13.3. The summed E-state index contributed by atoms with van der Waals surface area (Å²) < 4.78 is 0. The summed E-state index contributed by atoms with van der Waals surface area (Å²) in [4.78, 5) is 42.0. The molecule has 1 unspecified atom stereocenters. The van der Waals surface area contributed by atoms with Gasteiger partial charge in [0.1, 0.15) is 0 Å². The monoisotopic (exact) mass is 508 g/mol. The Hall–Kier alpha value is -4.17. The highest BCUT2D eigenvalue weighted by molar-refractivity contribution is 6.00. The van der Waals surface area contributed by atoms with Crippen molar-refractivity contribution in [1.29, 1.82) is 0 Å². The average Bonchev–Trinajstić information content (AvgIpc) is 3.38. The molecule has 0 aromatic heterocycles. The van der Waals surface area contributed by atoms with Crippen LogP contribution in [0.3, 0.4) is 0 Å². The van der Waals surface area contributed by atoms with E-state index in [1.165, 1.54) is 0 Å². The zero-order valence-electron chi connectivity index (χ0n) is 20.9.